The van der Waals surface area contributed by atoms with Gasteiger partial charge in [0.15, 0.2) is 11.5 Å². The Hall–Kier alpha value is -4.36. The van der Waals surface area contributed by atoms with E-state index in [0.29, 0.717) is 18.0 Å². The number of ether oxygens (including phenoxy) is 3. The van der Waals surface area contributed by atoms with Gasteiger partial charge in [-0.15, -0.1) is 0 Å². The van der Waals surface area contributed by atoms with Crippen LogP contribution in [0.3, 0.4) is 0 Å². The van der Waals surface area contributed by atoms with E-state index in [1.807, 2.05) is 66.7 Å². The zero-order chi connectivity index (χ0) is 27.7. The molecule has 1 aromatic heterocycles. The van der Waals surface area contributed by atoms with Gasteiger partial charge in [-0.25, -0.2) is 4.98 Å². The Morgan fingerprint density at radius 3 is 2.30 bits per heavy atom. The maximum absolute atomic E-state index is 12.6. The van der Waals surface area contributed by atoms with Gasteiger partial charge < -0.3 is 19.5 Å². The molecule has 0 aliphatic carbocycles. The molecule has 0 radical (unpaired) electrons. The first-order chi connectivity index (χ1) is 19.6. The second-order valence-corrected chi connectivity index (χ2v) is 9.88. The van der Waals surface area contributed by atoms with Gasteiger partial charge in [0.25, 0.3) is 5.91 Å². The number of pyridine rings is 1. The summed E-state index contributed by atoms with van der Waals surface area (Å²) in [6.45, 7) is 3.07. The fourth-order valence-corrected chi connectivity index (χ4v) is 4.99. The Kier molecular flexibility index (Phi) is 8.93. The van der Waals surface area contributed by atoms with Crippen LogP contribution >= 0.6 is 0 Å². The number of hydrogen-bond donors (Lipinski definition) is 1. The number of carbonyl (C=O) groups is 1. The molecule has 0 unspecified atom stereocenters. The highest BCUT2D eigenvalue weighted by molar-refractivity contribution is 5.94. The number of aromatic nitrogens is 1. The van der Waals surface area contributed by atoms with E-state index in [1.54, 1.807) is 20.4 Å². The minimum atomic E-state index is -0.113. The van der Waals surface area contributed by atoms with Crippen molar-refractivity contribution in [2.75, 3.05) is 27.3 Å². The number of nitrogens with one attached hydrogen (secondary N) is 1. The van der Waals surface area contributed by atoms with Crippen molar-refractivity contribution in [1.29, 1.82) is 0 Å². The number of rotatable bonds is 10. The Morgan fingerprint density at radius 2 is 1.62 bits per heavy atom. The van der Waals surface area contributed by atoms with Crippen molar-refractivity contribution in [3.05, 3.63) is 108 Å². The highest BCUT2D eigenvalue weighted by Crippen LogP contribution is 2.32. The molecule has 5 rings (SSSR count). The average molecular weight is 538 g/mol. The smallest absolute Gasteiger partial charge is 0.251 e. The SMILES string of the molecule is COc1cccc(CN2CCC(Oc3ccc(CNC(=O)c4ccc(-c5ccccc5)cc4)cn3)CC2)c1OC. The summed E-state index contributed by atoms with van der Waals surface area (Å²) in [5, 5.41) is 2.97. The third kappa shape index (κ3) is 6.79. The van der Waals surface area contributed by atoms with Gasteiger partial charge in [-0.2, -0.15) is 0 Å². The molecule has 0 saturated carbocycles. The normalized spacial score (nSPS) is 13.9. The molecule has 1 aliphatic heterocycles. The molecule has 1 saturated heterocycles. The molecule has 0 spiro atoms. The third-order valence-electron chi connectivity index (χ3n) is 7.21. The van der Waals surface area contributed by atoms with Gasteiger partial charge in [-0.3, -0.25) is 9.69 Å². The fourth-order valence-electron chi connectivity index (χ4n) is 4.99. The third-order valence-corrected chi connectivity index (χ3v) is 7.21. The van der Waals surface area contributed by atoms with E-state index in [-0.39, 0.29) is 12.0 Å². The van der Waals surface area contributed by atoms with Gasteiger partial charge in [0.05, 0.1) is 14.2 Å². The van der Waals surface area contributed by atoms with Crippen molar-refractivity contribution in [3.63, 3.8) is 0 Å². The molecule has 1 fully saturated rings. The standard InChI is InChI=1S/C33H35N3O4/c1-38-30-10-6-9-28(32(30)39-2)23-36-19-17-29(18-20-36)40-31-16-11-24(21-34-31)22-35-33(37)27-14-12-26(13-15-27)25-7-4-3-5-8-25/h3-16,21,29H,17-20,22-23H2,1-2H3,(H,35,37). The van der Waals surface area contributed by atoms with E-state index in [4.69, 9.17) is 14.2 Å². The topological polar surface area (TPSA) is 72.9 Å². The van der Waals surface area contributed by atoms with E-state index >= 15 is 0 Å². The lowest BCUT2D eigenvalue weighted by Crippen LogP contribution is -2.38. The number of piperidine rings is 1. The van der Waals surface area contributed by atoms with Crippen LogP contribution in [0.25, 0.3) is 11.1 Å². The quantitative estimate of drug-likeness (QED) is 0.278. The number of nitrogens with zero attached hydrogens (tertiary/aromatic N) is 2. The molecule has 40 heavy (non-hydrogen) atoms. The summed E-state index contributed by atoms with van der Waals surface area (Å²) in [7, 11) is 3.34. The van der Waals surface area contributed by atoms with Crippen LogP contribution in [0.15, 0.2) is 91.1 Å². The molecule has 7 heteroatoms. The molecule has 0 bridgehead atoms. The zero-order valence-corrected chi connectivity index (χ0v) is 23.0. The fraction of sp³-hybridized carbons (Fsp3) is 0.273. The van der Waals surface area contributed by atoms with Crippen molar-refractivity contribution >= 4 is 5.91 Å². The molecule has 0 atom stereocenters. The molecular weight excluding hydrogens is 502 g/mol. The number of para-hydroxylation sites is 1. The van der Waals surface area contributed by atoms with Crippen LogP contribution in [-0.2, 0) is 13.1 Å². The maximum atomic E-state index is 12.6. The monoisotopic (exact) mass is 537 g/mol. The van der Waals surface area contributed by atoms with Gasteiger partial charge in [-0.1, -0.05) is 60.7 Å². The van der Waals surface area contributed by atoms with Gasteiger partial charge >= 0.3 is 0 Å². The summed E-state index contributed by atoms with van der Waals surface area (Å²) in [5.41, 5.74) is 4.88. The molecule has 2 heterocycles. The summed E-state index contributed by atoms with van der Waals surface area (Å²) in [4.78, 5) is 19.5. The average Bonchev–Trinajstić information content (AvgIpc) is 3.02. The molecule has 4 aromatic rings. The van der Waals surface area contributed by atoms with Crippen molar-refractivity contribution in [2.45, 2.75) is 32.0 Å². The highest BCUT2D eigenvalue weighted by Gasteiger charge is 2.22. The van der Waals surface area contributed by atoms with Crippen LogP contribution in [0.4, 0.5) is 0 Å². The van der Waals surface area contributed by atoms with E-state index in [0.717, 1.165) is 66.2 Å². The number of carbonyl (C=O) groups excluding carboxylic acids is 1. The van der Waals surface area contributed by atoms with Gasteiger partial charge in [0, 0.05) is 49.6 Å². The van der Waals surface area contributed by atoms with Crippen LogP contribution in [0.1, 0.15) is 34.3 Å². The second-order valence-electron chi connectivity index (χ2n) is 9.88. The van der Waals surface area contributed by atoms with E-state index in [9.17, 15) is 4.79 Å². The Balaban J connectivity index is 1.07. The predicted octanol–water partition coefficient (Wildman–Crippen LogP) is 5.74. The van der Waals surface area contributed by atoms with Crippen LogP contribution in [0.5, 0.6) is 17.4 Å². The number of likely N-dealkylation sites (tertiary alicyclic amines) is 1. The minimum Gasteiger partial charge on any atom is -0.493 e. The minimum absolute atomic E-state index is 0.113. The Morgan fingerprint density at radius 1 is 0.875 bits per heavy atom. The molecule has 206 valence electrons. The van der Waals surface area contributed by atoms with Crippen LogP contribution in [-0.4, -0.2) is 49.2 Å². The summed E-state index contributed by atoms with van der Waals surface area (Å²) in [5.74, 6) is 2.05. The van der Waals surface area contributed by atoms with Crippen LogP contribution < -0.4 is 19.5 Å². The Bertz CT molecular complexity index is 1380. The summed E-state index contributed by atoms with van der Waals surface area (Å²) >= 11 is 0. The first-order valence-corrected chi connectivity index (χ1v) is 13.6. The Labute approximate surface area is 235 Å². The molecule has 7 nitrogen and oxygen atoms in total. The first kappa shape index (κ1) is 27.2. The van der Waals surface area contributed by atoms with Crippen LogP contribution in [0, 0.1) is 0 Å². The van der Waals surface area contributed by atoms with E-state index in [2.05, 4.69) is 33.4 Å². The number of methoxy groups -OCH3 is 2. The maximum Gasteiger partial charge on any atom is 0.251 e. The summed E-state index contributed by atoms with van der Waals surface area (Å²) in [6, 6.07) is 27.6. The predicted molar refractivity (Wildman–Crippen MR) is 156 cm³/mol. The summed E-state index contributed by atoms with van der Waals surface area (Å²) < 4.78 is 17.2. The molecule has 1 N–H and O–H groups in total. The van der Waals surface area contributed by atoms with Gasteiger partial charge in [-0.05, 0) is 47.7 Å². The second kappa shape index (κ2) is 13.1. The van der Waals surface area contributed by atoms with Gasteiger partial charge in [0.2, 0.25) is 5.88 Å². The van der Waals surface area contributed by atoms with Crippen molar-refractivity contribution in [2.24, 2.45) is 0 Å². The number of hydrogen-bond acceptors (Lipinski definition) is 6. The number of amides is 1. The van der Waals surface area contributed by atoms with Crippen LogP contribution in [0.2, 0.25) is 0 Å². The summed E-state index contributed by atoms with van der Waals surface area (Å²) in [6.07, 6.45) is 3.74. The molecular formula is C33H35N3O4. The van der Waals surface area contributed by atoms with Crippen molar-refractivity contribution in [3.8, 4) is 28.5 Å². The van der Waals surface area contributed by atoms with E-state index < -0.39 is 0 Å². The lowest BCUT2D eigenvalue weighted by atomic mass is 10.0. The largest absolute Gasteiger partial charge is 0.493 e. The lowest BCUT2D eigenvalue weighted by molar-refractivity contribution is 0.0927. The number of benzene rings is 3. The molecule has 3 aromatic carbocycles. The molecule has 1 aliphatic rings. The van der Waals surface area contributed by atoms with Gasteiger partial charge in [0.1, 0.15) is 6.10 Å². The molecule has 1 amide bonds. The zero-order valence-electron chi connectivity index (χ0n) is 23.0. The first-order valence-electron chi connectivity index (χ1n) is 13.6. The highest BCUT2D eigenvalue weighted by atomic mass is 16.5. The van der Waals surface area contributed by atoms with Crippen molar-refractivity contribution in [1.82, 2.24) is 15.2 Å². The van der Waals surface area contributed by atoms with Crippen molar-refractivity contribution < 1.29 is 19.0 Å². The lowest BCUT2D eigenvalue weighted by Gasteiger charge is -2.32. The van der Waals surface area contributed by atoms with E-state index in [1.165, 1.54) is 0 Å².